The highest BCUT2D eigenvalue weighted by atomic mass is 16.5. The molecule has 0 bridgehead atoms. The number of likely N-dealkylation sites (N-methyl/N-ethyl adjacent to an activating group) is 1. The minimum absolute atomic E-state index is 0.246. The molecule has 1 aromatic heterocycles. The van der Waals surface area contributed by atoms with Crippen LogP contribution >= 0.6 is 0 Å². The Morgan fingerprint density at radius 3 is 2.81 bits per heavy atom. The highest BCUT2D eigenvalue weighted by Gasteiger charge is 2.09. The second kappa shape index (κ2) is 6.44. The number of hydrogen-bond acceptors (Lipinski definition) is 6. The molecule has 0 unspecified atom stereocenters. The number of anilines is 1. The second-order valence-electron chi connectivity index (χ2n) is 3.85. The number of aromatic nitrogens is 2. The van der Waals surface area contributed by atoms with Crippen LogP contribution in [-0.4, -0.2) is 43.5 Å². The number of nitrogens with zero attached hydrogens (tertiary/aromatic N) is 3. The first-order valence-corrected chi connectivity index (χ1v) is 5.43. The van der Waals surface area contributed by atoms with Gasteiger partial charge in [0, 0.05) is 13.6 Å². The van der Waals surface area contributed by atoms with Crippen molar-refractivity contribution in [2.24, 2.45) is 0 Å². The third-order valence-electron chi connectivity index (χ3n) is 1.99. The molecule has 0 aromatic carbocycles. The van der Waals surface area contributed by atoms with Gasteiger partial charge in [-0.1, -0.05) is 5.10 Å². The summed E-state index contributed by atoms with van der Waals surface area (Å²) in [5.74, 6) is 0.592. The average molecular weight is 228 g/mol. The first-order valence-electron chi connectivity index (χ1n) is 5.43. The van der Waals surface area contributed by atoms with E-state index in [4.69, 9.17) is 9.15 Å². The van der Waals surface area contributed by atoms with Gasteiger partial charge in [-0.3, -0.25) is 0 Å². The molecular formula is C10H20N4O2. The number of rotatable bonds is 7. The van der Waals surface area contributed by atoms with E-state index in [0.717, 1.165) is 6.54 Å². The van der Waals surface area contributed by atoms with Gasteiger partial charge in [0.25, 0.3) is 0 Å². The summed E-state index contributed by atoms with van der Waals surface area (Å²) in [5, 5.41) is 10.8. The molecule has 1 heterocycles. The van der Waals surface area contributed by atoms with E-state index in [0.29, 0.717) is 25.1 Å². The molecule has 0 saturated heterocycles. The Morgan fingerprint density at radius 2 is 2.19 bits per heavy atom. The van der Waals surface area contributed by atoms with E-state index < -0.39 is 0 Å². The summed E-state index contributed by atoms with van der Waals surface area (Å²) in [6, 6.07) is 0.526. The van der Waals surface area contributed by atoms with Crippen LogP contribution in [0.2, 0.25) is 0 Å². The molecule has 16 heavy (non-hydrogen) atoms. The van der Waals surface area contributed by atoms with Gasteiger partial charge in [-0.2, -0.15) is 0 Å². The zero-order valence-corrected chi connectivity index (χ0v) is 10.4. The van der Waals surface area contributed by atoms with Crippen molar-refractivity contribution >= 4 is 6.01 Å². The molecule has 1 N–H and O–H groups in total. The van der Waals surface area contributed by atoms with E-state index in [-0.39, 0.29) is 6.10 Å². The molecule has 6 heteroatoms. The van der Waals surface area contributed by atoms with E-state index in [2.05, 4.69) is 15.5 Å². The van der Waals surface area contributed by atoms with Gasteiger partial charge in [-0.15, -0.1) is 5.10 Å². The summed E-state index contributed by atoms with van der Waals surface area (Å²) in [5.41, 5.74) is 0. The lowest BCUT2D eigenvalue weighted by atomic mass is 10.5. The molecule has 0 saturated carbocycles. The van der Waals surface area contributed by atoms with Gasteiger partial charge >= 0.3 is 6.01 Å². The minimum Gasteiger partial charge on any atom is -0.407 e. The SMILES string of the molecule is CNCc1nnc(N(C)CCOC(C)C)o1. The molecule has 0 atom stereocenters. The van der Waals surface area contributed by atoms with Gasteiger partial charge < -0.3 is 19.4 Å². The fourth-order valence-corrected chi connectivity index (χ4v) is 1.14. The van der Waals surface area contributed by atoms with Gasteiger partial charge in [0.1, 0.15) is 0 Å². The largest absolute Gasteiger partial charge is 0.407 e. The highest BCUT2D eigenvalue weighted by molar-refractivity contribution is 5.21. The molecule has 1 rings (SSSR count). The van der Waals surface area contributed by atoms with Crippen molar-refractivity contribution in [2.45, 2.75) is 26.5 Å². The van der Waals surface area contributed by atoms with Crippen molar-refractivity contribution < 1.29 is 9.15 Å². The molecule has 0 fully saturated rings. The molecule has 0 radical (unpaired) electrons. The van der Waals surface area contributed by atoms with Gasteiger partial charge in [0.15, 0.2) is 0 Å². The lowest BCUT2D eigenvalue weighted by Gasteiger charge is -2.14. The zero-order chi connectivity index (χ0) is 12.0. The highest BCUT2D eigenvalue weighted by Crippen LogP contribution is 2.09. The first kappa shape index (κ1) is 12.9. The van der Waals surface area contributed by atoms with Crippen LogP contribution in [0.25, 0.3) is 0 Å². The van der Waals surface area contributed by atoms with Crippen molar-refractivity contribution in [3.05, 3.63) is 5.89 Å². The molecule has 0 aliphatic heterocycles. The van der Waals surface area contributed by atoms with Gasteiger partial charge in [0.2, 0.25) is 5.89 Å². The second-order valence-corrected chi connectivity index (χ2v) is 3.85. The lowest BCUT2D eigenvalue weighted by Crippen LogP contribution is -2.24. The van der Waals surface area contributed by atoms with Crippen LogP contribution in [0.3, 0.4) is 0 Å². The topological polar surface area (TPSA) is 63.4 Å². The van der Waals surface area contributed by atoms with E-state index in [1.807, 2.05) is 32.8 Å². The molecular weight excluding hydrogens is 208 g/mol. The Hall–Kier alpha value is -1.14. The van der Waals surface area contributed by atoms with Crippen LogP contribution < -0.4 is 10.2 Å². The summed E-state index contributed by atoms with van der Waals surface area (Å²) in [4.78, 5) is 1.88. The van der Waals surface area contributed by atoms with Gasteiger partial charge in [-0.05, 0) is 20.9 Å². The Labute approximate surface area is 96.0 Å². The van der Waals surface area contributed by atoms with Crippen molar-refractivity contribution in [3.63, 3.8) is 0 Å². The Balaban J connectivity index is 2.36. The third kappa shape index (κ3) is 4.16. The van der Waals surface area contributed by atoms with Crippen LogP contribution in [0.4, 0.5) is 6.01 Å². The predicted molar refractivity (Wildman–Crippen MR) is 61.4 cm³/mol. The summed E-state index contributed by atoms with van der Waals surface area (Å²) in [6.45, 7) is 6.00. The van der Waals surface area contributed by atoms with Crippen molar-refractivity contribution in [3.8, 4) is 0 Å². The molecule has 1 aromatic rings. The van der Waals surface area contributed by atoms with Crippen LogP contribution in [-0.2, 0) is 11.3 Å². The summed E-state index contributed by atoms with van der Waals surface area (Å²) < 4.78 is 10.9. The Bertz CT molecular complexity index is 301. The van der Waals surface area contributed by atoms with Crippen LogP contribution in [0.15, 0.2) is 4.42 Å². The number of ether oxygens (including phenoxy) is 1. The number of nitrogens with one attached hydrogen (secondary N) is 1. The van der Waals surface area contributed by atoms with Crippen LogP contribution in [0.1, 0.15) is 19.7 Å². The van der Waals surface area contributed by atoms with Crippen molar-refractivity contribution in [1.82, 2.24) is 15.5 Å². The van der Waals surface area contributed by atoms with E-state index >= 15 is 0 Å². The third-order valence-corrected chi connectivity index (χ3v) is 1.99. The van der Waals surface area contributed by atoms with Crippen LogP contribution in [0, 0.1) is 0 Å². The molecule has 0 amide bonds. The van der Waals surface area contributed by atoms with E-state index in [1.165, 1.54) is 0 Å². The Kier molecular flexibility index (Phi) is 5.21. The maximum absolute atomic E-state index is 5.44. The fraction of sp³-hybridized carbons (Fsp3) is 0.800. The van der Waals surface area contributed by atoms with Crippen LogP contribution in [0.5, 0.6) is 0 Å². The quantitative estimate of drug-likeness (QED) is 0.739. The van der Waals surface area contributed by atoms with Gasteiger partial charge in [0.05, 0.1) is 19.3 Å². The summed E-state index contributed by atoms with van der Waals surface area (Å²) >= 11 is 0. The zero-order valence-electron chi connectivity index (χ0n) is 10.4. The molecule has 6 nitrogen and oxygen atoms in total. The predicted octanol–water partition coefficient (Wildman–Crippen LogP) is 0.650. The Morgan fingerprint density at radius 1 is 1.44 bits per heavy atom. The van der Waals surface area contributed by atoms with Gasteiger partial charge in [-0.25, -0.2) is 0 Å². The standard InChI is InChI=1S/C10H20N4O2/c1-8(2)15-6-5-14(4)10-13-12-9(16-10)7-11-3/h8,11H,5-7H2,1-4H3. The number of hydrogen-bond donors (Lipinski definition) is 1. The maximum atomic E-state index is 5.44. The van der Waals surface area contributed by atoms with Crippen molar-refractivity contribution in [1.29, 1.82) is 0 Å². The summed E-state index contributed by atoms with van der Waals surface area (Å²) in [6.07, 6.45) is 0.246. The molecule has 0 spiro atoms. The van der Waals surface area contributed by atoms with E-state index in [9.17, 15) is 0 Å². The first-order chi connectivity index (χ1) is 7.63. The normalized spacial score (nSPS) is 11.1. The fourth-order valence-electron chi connectivity index (χ4n) is 1.14. The monoisotopic (exact) mass is 228 g/mol. The average Bonchev–Trinajstić information content (AvgIpc) is 2.66. The van der Waals surface area contributed by atoms with E-state index in [1.54, 1.807) is 0 Å². The molecule has 92 valence electrons. The molecule has 0 aliphatic carbocycles. The lowest BCUT2D eigenvalue weighted by molar-refractivity contribution is 0.0841. The maximum Gasteiger partial charge on any atom is 0.318 e. The minimum atomic E-state index is 0.246. The smallest absolute Gasteiger partial charge is 0.318 e. The molecule has 0 aliphatic rings. The summed E-state index contributed by atoms with van der Waals surface area (Å²) in [7, 11) is 3.74. The van der Waals surface area contributed by atoms with Crippen molar-refractivity contribution in [2.75, 3.05) is 32.1 Å².